The smallest absolute Gasteiger partial charge is 0.186 e. The third-order valence-electron chi connectivity index (χ3n) is 3.42. The standard InChI is InChI=1S/C18H18Cl3N3O2S/c1-3-22-18(27)24-23-9-11-4-7-15(16(8-11)25-2)26-10-12-13(19)5-6-14(20)17(12)21/h4-9H,3,10H2,1-2H3,(H2,22,24,27)/b23-9-. The lowest BCUT2D eigenvalue weighted by Crippen LogP contribution is -2.31. The molecule has 0 heterocycles. The van der Waals surface area contributed by atoms with Gasteiger partial charge in [-0.25, -0.2) is 0 Å². The topological polar surface area (TPSA) is 54.9 Å². The summed E-state index contributed by atoms with van der Waals surface area (Å²) in [5.41, 5.74) is 4.15. The molecular formula is C18H18Cl3N3O2S. The molecule has 5 nitrogen and oxygen atoms in total. The van der Waals surface area contributed by atoms with Crippen LogP contribution in [0.1, 0.15) is 18.1 Å². The minimum Gasteiger partial charge on any atom is -0.493 e. The fourth-order valence-corrected chi connectivity index (χ4v) is 2.95. The number of methoxy groups -OCH3 is 1. The van der Waals surface area contributed by atoms with Crippen molar-refractivity contribution in [3.8, 4) is 11.5 Å². The number of benzene rings is 2. The molecule has 0 aromatic heterocycles. The van der Waals surface area contributed by atoms with Crippen LogP contribution in [0.4, 0.5) is 0 Å². The second-order valence-corrected chi connectivity index (χ2v) is 6.85. The minimum atomic E-state index is 0.153. The maximum absolute atomic E-state index is 6.20. The Labute approximate surface area is 178 Å². The fourth-order valence-electron chi connectivity index (χ4n) is 2.10. The Kier molecular flexibility index (Phi) is 8.44. The first kappa shape index (κ1) is 21.6. The molecule has 0 fully saturated rings. The SMILES string of the molecule is CCNC(=S)N/N=C\c1ccc(OCc2c(Cl)ccc(Cl)c2Cl)c(OC)c1. The van der Waals surface area contributed by atoms with Crippen LogP contribution in [-0.4, -0.2) is 25.0 Å². The number of halogens is 3. The molecule has 0 aliphatic heterocycles. The van der Waals surface area contributed by atoms with Crippen LogP contribution in [0.15, 0.2) is 35.4 Å². The third kappa shape index (κ3) is 6.14. The molecule has 2 rings (SSSR count). The van der Waals surface area contributed by atoms with Crippen LogP contribution in [0, 0.1) is 0 Å². The molecule has 0 bridgehead atoms. The van der Waals surface area contributed by atoms with E-state index >= 15 is 0 Å². The van der Waals surface area contributed by atoms with Crippen LogP contribution < -0.4 is 20.2 Å². The number of hydrogen-bond donors (Lipinski definition) is 2. The summed E-state index contributed by atoms with van der Waals surface area (Å²) < 4.78 is 11.2. The second kappa shape index (κ2) is 10.6. The number of hydrogen-bond acceptors (Lipinski definition) is 4. The van der Waals surface area contributed by atoms with Gasteiger partial charge in [0.15, 0.2) is 16.6 Å². The Hall–Kier alpha value is -1.73. The summed E-state index contributed by atoms with van der Waals surface area (Å²) >= 11 is 23.4. The van der Waals surface area contributed by atoms with Crippen molar-refractivity contribution in [3.05, 3.63) is 56.5 Å². The van der Waals surface area contributed by atoms with E-state index in [1.54, 1.807) is 37.6 Å². The van der Waals surface area contributed by atoms with Crippen molar-refractivity contribution in [1.29, 1.82) is 0 Å². The molecular weight excluding hydrogens is 429 g/mol. The molecule has 0 spiro atoms. The van der Waals surface area contributed by atoms with E-state index in [-0.39, 0.29) is 6.61 Å². The number of rotatable bonds is 7. The number of hydrazone groups is 1. The Morgan fingerprint density at radius 2 is 1.89 bits per heavy atom. The quantitative estimate of drug-likeness (QED) is 0.270. The lowest BCUT2D eigenvalue weighted by Gasteiger charge is -2.13. The monoisotopic (exact) mass is 445 g/mol. The van der Waals surface area contributed by atoms with E-state index in [4.69, 9.17) is 56.5 Å². The molecule has 0 aliphatic carbocycles. The molecule has 27 heavy (non-hydrogen) atoms. The third-order valence-corrected chi connectivity index (χ3v) is 4.85. The molecule has 144 valence electrons. The minimum absolute atomic E-state index is 0.153. The average Bonchev–Trinajstić information content (AvgIpc) is 2.65. The zero-order valence-corrected chi connectivity index (χ0v) is 17.8. The molecule has 0 unspecified atom stereocenters. The summed E-state index contributed by atoms with van der Waals surface area (Å²) in [6.45, 7) is 2.83. The molecule has 0 amide bonds. The molecule has 0 atom stereocenters. The van der Waals surface area contributed by atoms with Gasteiger partial charge in [-0.15, -0.1) is 0 Å². The largest absolute Gasteiger partial charge is 0.493 e. The van der Waals surface area contributed by atoms with Crippen LogP contribution in [0.3, 0.4) is 0 Å². The van der Waals surface area contributed by atoms with Gasteiger partial charge in [0.1, 0.15) is 6.61 Å². The van der Waals surface area contributed by atoms with Gasteiger partial charge in [-0.2, -0.15) is 5.10 Å². The fraction of sp³-hybridized carbons (Fsp3) is 0.222. The van der Waals surface area contributed by atoms with Gasteiger partial charge in [-0.05, 0) is 55.0 Å². The van der Waals surface area contributed by atoms with E-state index in [2.05, 4.69) is 15.8 Å². The van der Waals surface area contributed by atoms with E-state index < -0.39 is 0 Å². The molecule has 0 aliphatic rings. The van der Waals surface area contributed by atoms with Gasteiger partial charge in [0.2, 0.25) is 0 Å². The van der Waals surface area contributed by atoms with Gasteiger partial charge in [-0.3, -0.25) is 5.43 Å². The molecule has 0 saturated heterocycles. The first-order valence-corrected chi connectivity index (χ1v) is 9.50. The van der Waals surface area contributed by atoms with Crippen LogP contribution in [0.2, 0.25) is 15.1 Å². The molecule has 2 aromatic rings. The maximum atomic E-state index is 6.20. The Bertz CT molecular complexity index is 847. The highest BCUT2D eigenvalue weighted by Gasteiger charge is 2.12. The van der Waals surface area contributed by atoms with E-state index in [9.17, 15) is 0 Å². The van der Waals surface area contributed by atoms with Crippen molar-refractivity contribution in [2.45, 2.75) is 13.5 Å². The zero-order chi connectivity index (χ0) is 19.8. The predicted octanol–water partition coefficient (Wildman–Crippen LogP) is 5.05. The Balaban J connectivity index is 2.09. The van der Waals surface area contributed by atoms with Gasteiger partial charge >= 0.3 is 0 Å². The van der Waals surface area contributed by atoms with Gasteiger partial charge in [0.25, 0.3) is 0 Å². The van der Waals surface area contributed by atoms with E-state index in [1.807, 2.05) is 13.0 Å². The summed E-state index contributed by atoms with van der Waals surface area (Å²) in [6, 6.07) is 8.71. The Morgan fingerprint density at radius 3 is 2.59 bits per heavy atom. The molecule has 0 saturated carbocycles. The van der Waals surface area contributed by atoms with Crippen molar-refractivity contribution in [3.63, 3.8) is 0 Å². The van der Waals surface area contributed by atoms with Gasteiger partial charge < -0.3 is 14.8 Å². The average molecular weight is 447 g/mol. The van der Waals surface area contributed by atoms with Crippen LogP contribution in [-0.2, 0) is 6.61 Å². The predicted molar refractivity (Wildman–Crippen MR) is 116 cm³/mol. The summed E-state index contributed by atoms with van der Waals surface area (Å²) in [5, 5.41) is 8.73. The number of ether oxygens (including phenoxy) is 2. The molecule has 2 N–H and O–H groups in total. The summed E-state index contributed by atoms with van der Waals surface area (Å²) in [6.07, 6.45) is 1.63. The van der Waals surface area contributed by atoms with Crippen molar-refractivity contribution < 1.29 is 9.47 Å². The van der Waals surface area contributed by atoms with Gasteiger partial charge in [0, 0.05) is 17.1 Å². The number of thiocarbonyl (C=S) groups is 1. The number of nitrogens with zero attached hydrogens (tertiary/aromatic N) is 1. The highest BCUT2D eigenvalue weighted by atomic mass is 35.5. The van der Waals surface area contributed by atoms with Crippen molar-refractivity contribution in [2.24, 2.45) is 5.10 Å². The van der Waals surface area contributed by atoms with E-state index in [1.165, 1.54) is 0 Å². The lowest BCUT2D eigenvalue weighted by atomic mass is 10.2. The lowest BCUT2D eigenvalue weighted by molar-refractivity contribution is 0.284. The van der Waals surface area contributed by atoms with Crippen molar-refractivity contribution in [2.75, 3.05) is 13.7 Å². The normalized spacial score (nSPS) is 10.7. The van der Waals surface area contributed by atoms with E-state index in [0.29, 0.717) is 37.2 Å². The van der Waals surface area contributed by atoms with E-state index in [0.717, 1.165) is 12.1 Å². The summed E-state index contributed by atoms with van der Waals surface area (Å²) in [4.78, 5) is 0. The Morgan fingerprint density at radius 1 is 1.15 bits per heavy atom. The van der Waals surface area contributed by atoms with Crippen molar-refractivity contribution >= 4 is 58.3 Å². The summed E-state index contributed by atoms with van der Waals surface area (Å²) in [5.74, 6) is 1.08. The highest BCUT2D eigenvalue weighted by molar-refractivity contribution is 7.80. The first-order chi connectivity index (χ1) is 13.0. The van der Waals surface area contributed by atoms with Gasteiger partial charge in [-0.1, -0.05) is 34.8 Å². The molecule has 9 heteroatoms. The van der Waals surface area contributed by atoms with Crippen LogP contribution in [0.5, 0.6) is 11.5 Å². The summed E-state index contributed by atoms with van der Waals surface area (Å²) in [7, 11) is 1.56. The first-order valence-electron chi connectivity index (χ1n) is 7.96. The van der Waals surface area contributed by atoms with Crippen LogP contribution >= 0.6 is 47.0 Å². The highest BCUT2D eigenvalue weighted by Crippen LogP contribution is 2.34. The maximum Gasteiger partial charge on any atom is 0.186 e. The zero-order valence-electron chi connectivity index (χ0n) is 14.7. The van der Waals surface area contributed by atoms with Gasteiger partial charge in [0.05, 0.1) is 23.4 Å². The molecule has 2 aromatic carbocycles. The van der Waals surface area contributed by atoms with Crippen molar-refractivity contribution in [1.82, 2.24) is 10.7 Å². The molecule has 0 radical (unpaired) electrons. The number of nitrogens with one attached hydrogen (secondary N) is 2. The van der Waals surface area contributed by atoms with Crippen LogP contribution in [0.25, 0.3) is 0 Å². The second-order valence-electron chi connectivity index (χ2n) is 5.25.